The third kappa shape index (κ3) is 5.08. The zero-order valence-corrected chi connectivity index (χ0v) is 18.4. The number of aromatic nitrogens is 3. The number of rotatable bonds is 7. The molecule has 0 unspecified atom stereocenters. The summed E-state index contributed by atoms with van der Waals surface area (Å²) < 4.78 is 11.6. The first-order chi connectivity index (χ1) is 15.8. The summed E-state index contributed by atoms with van der Waals surface area (Å²) >= 11 is 1.40. The minimum Gasteiger partial charge on any atom is -0.440 e. The number of allylic oxidation sites excluding steroid dienone is 1. The molecule has 4 rings (SSSR count). The quantitative estimate of drug-likeness (QED) is 0.254. The van der Waals surface area contributed by atoms with Crippen molar-refractivity contribution in [2.45, 2.75) is 18.6 Å². The van der Waals surface area contributed by atoms with Gasteiger partial charge in [-0.05, 0) is 30.2 Å². The second-order valence-corrected chi connectivity index (χ2v) is 7.61. The third-order valence-electron chi connectivity index (χ3n) is 4.63. The van der Waals surface area contributed by atoms with Crippen LogP contribution in [0.1, 0.15) is 29.7 Å². The molecule has 158 valence electrons. The first-order valence-electron chi connectivity index (χ1n) is 10.1. The van der Waals surface area contributed by atoms with Gasteiger partial charge in [-0.25, -0.2) is 4.98 Å². The van der Waals surface area contributed by atoms with E-state index in [1.165, 1.54) is 11.8 Å². The maximum absolute atomic E-state index is 5.85. The molecule has 2 heterocycles. The number of hydrogen-bond donors (Lipinski definition) is 0. The summed E-state index contributed by atoms with van der Waals surface area (Å²) in [7, 11) is 0. The van der Waals surface area contributed by atoms with E-state index in [1.807, 2.05) is 73.7 Å². The van der Waals surface area contributed by atoms with Gasteiger partial charge in [0.2, 0.25) is 11.8 Å². The fourth-order valence-electron chi connectivity index (χ4n) is 3.09. The molecule has 0 saturated heterocycles. The van der Waals surface area contributed by atoms with E-state index in [1.54, 1.807) is 6.20 Å². The summed E-state index contributed by atoms with van der Waals surface area (Å²) in [5, 5.41) is 8.83. The Morgan fingerprint density at radius 1 is 1.03 bits per heavy atom. The number of thioether (sulfide) groups is 1. The number of hydrogen-bond acceptors (Lipinski definition) is 6. The molecule has 2 aromatic heterocycles. The van der Waals surface area contributed by atoms with Gasteiger partial charge in [0.1, 0.15) is 5.76 Å². The van der Waals surface area contributed by atoms with Crippen molar-refractivity contribution >= 4 is 23.4 Å². The van der Waals surface area contributed by atoms with Gasteiger partial charge in [0, 0.05) is 11.1 Å². The Kier molecular flexibility index (Phi) is 7.01. The molecule has 0 atom stereocenters. The molecule has 0 aliphatic carbocycles. The van der Waals surface area contributed by atoms with Crippen molar-refractivity contribution in [1.29, 1.82) is 0 Å². The highest BCUT2D eigenvalue weighted by atomic mass is 32.2. The first kappa shape index (κ1) is 21.4. The predicted molar refractivity (Wildman–Crippen MR) is 128 cm³/mol. The molecule has 4 aromatic rings. The van der Waals surface area contributed by atoms with Crippen LogP contribution in [-0.2, 0) is 6.42 Å². The Bertz CT molecular complexity index is 1290. The molecule has 0 fully saturated rings. The minimum atomic E-state index is 0.479. The Balaban J connectivity index is 1.34. The van der Waals surface area contributed by atoms with Gasteiger partial charge in [-0.2, -0.15) is 0 Å². The van der Waals surface area contributed by atoms with Crippen LogP contribution in [-0.4, -0.2) is 20.9 Å². The van der Waals surface area contributed by atoms with Gasteiger partial charge >= 0.3 is 0 Å². The lowest BCUT2D eigenvalue weighted by atomic mass is 9.99. The lowest BCUT2D eigenvalue weighted by Gasteiger charge is -2.06. The molecule has 32 heavy (non-hydrogen) atoms. The summed E-state index contributed by atoms with van der Waals surface area (Å²) in [5.74, 6) is 8.56. The van der Waals surface area contributed by atoms with Crippen LogP contribution in [0.2, 0.25) is 0 Å². The summed E-state index contributed by atoms with van der Waals surface area (Å²) in [6.07, 6.45) is 5.99. The smallest absolute Gasteiger partial charge is 0.277 e. The van der Waals surface area contributed by atoms with Crippen LogP contribution in [0.3, 0.4) is 0 Å². The average molecular weight is 440 g/mol. The van der Waals surface area contributed by atoms with E-state index in [0.717, 1.165) is 28.0 Å². The van der Waals surface area contributed by atoms with E-state index in [9.17, 15) is 0 Å². The Hall–Kier alpha value is -3.82. The molecule has 6 heteroatoms. The summed E-state index contributed by atoms with van der Waals surface area (Å²) in [5.41, 5.74) is 3.85. The van der Waals surface area contributed by atoms with Crippen molar-refractivity contribution in [1.82, 2.24) is 15.2 Å². The molecular formula is C26H21N3O2S. The standard InChI is InChI=1S/C26H21N3O2S/c1-3-19-12-8-9-16-23(19)22(4-2)25-28-29-26(31-25)32-17-11-10-15-21-18-27-24(30-21)20-13-6-5-7-14-20/h3-9,12-14,16,18H,1,15,17H2,2H3/b22-4+. The molecule has 0 N–H and O–H groups in total. The number of benzene rings is 2. The molecule has 2 aromatic carbocycles. The van der Waals surface area contributed by atoms with Crippen molar-refractivity contribution in [3.05, 3.63) is 96.2 Å². The lowest BCUT2D eigenvalue weighted by molar-refractivity contribution is 0.444. The second kappa shape index (κ2) is 10.5. The van der Waals surface area contributed by atoms with Crippen molar-refractivity contribution in [2.75, 3.05) is 5.75 Å². The van der Waals surface area contributed by atoms with Crippen LogP contribution < -0.4 is 0 Å². The van der Waals surface area contributed by atoms with Gasteiger partial charge in [0.15, 0.2) is 0 Å². The average Bonchev–Trinajstić information content (AvgIpc) is 3.50. The predicted octanol–water partition coefficient (Wildman–Crippen LogP) is 6.16. The van der Waals surface area contributed by atoms with E-state index < -0.39 is 0 Å². The third-order valence-corrected chi connectivity index (χ3v) is 5.33. The molecule has 0 bridgehead atoms. The normalized spacial score (nSPS) is 11.1. The van der Waals surface area contributed by atoms with Crippen LogP contribution in [0.5, 0.6) is 0 Å². The topological polar surface area (TPSA) is 65.0 Å². The molecule has 0 aliphatic rings. The van der Waals surface area contributed by atoms with Crippen molar-refractivity contribution in [3.63, 3.8) is 0 Å². The Labute approximate surface area is 191 Å². The van der Waals surface area contributed by atoms with E-state index in [-0.39, 0.29) is 0 Å². The first-order valence-corrected chi connectivity index (χ1v) is 11.1. The zero-order chi connectivity index (χ0) is 22.2. The largest absolute Gasteiger partial charge is 0.440 e. The summed E-state index contributed by atoms with van der Waals surface area (Å²) in [6, 6.07) is 17.8. The Morgan fingerprint density at radius 2 is 1.84 bits per heavy atom. The van der Waals surface area contributed by atoms with Gasteiger partial charge in [0.05, 0.1) is 18.4 Å². The summed E-state index contributed by atoms with van der Waals surface area (Å²) in [6.45, 7) is 5.83. The number of oxazole rings is 1. The van der Waals surface area contributed by atoms with Gasteiger partial charge < -0.3 is 8.83 Å². The maximum atomic E-state index is 5.85. The van der Waals surface area contributed by atoms with Crippen molar-refractivity contribution in [3.8, 4) is 23.3 Å². The lowest BCUT2D eigenvalue weighted by Crippen LogP contribution is -1.91. The van der Waals surface area contributed by atoms with E-state index >= 15 is 0 Å². The van der Waals surface area contributed by atoms with Gasteiger partial charge in [-0.15, -0.1) is 10.2 Å². The Morgan fingerprint density at radius 3 is 2.66 bits per heavy atom. The van der Waals surface area contributed by atoms with E-state index in [0.29, 0.717) is 29.2 Å². The molecule has 0 saturated carbocycles. The van der Waals surface area contributed by atoms with Crippen molar-refractivity contribution < 1.29 is 8.83 Å². The SMILES string of the molecule is C=Cc1ccccc1/C(=C\C)c1nnc(SCC#CCc2cnc(-c3ccccc3)o2)o1. The monoisotopic (exact) mass is 439 g/mol. The molecule has 0 spiro atoms. The fourth-order valence-corrected chi connectivity index (χ4v) is 3.63. The van der Waals surface area contributed by atoms with Gasteiger partial charge in [-0.3, -0.25) is 0 Å². The molecule has 0 amide bonds. The van der Waals surface area contributed by atoms with Crippen LogP contribution in [0.25, 0.3) is 23.1 Å². The highest BCUT2D eigenvalue weighted by Gasteiger charge is 2.14. The van der Waals surface area contributed by atoms with Crippen LogP contribution in [0, 0.1) is 11.8 Å². The van der Waals surface area contributed by atoms with Crippen molar-refractivity contribution in [2.24, 2.45) is 0 Å². The van der Waals surface area contributed by atoms with E-state index in [2.05, 4.69) is 33.6 Å². The fraction of sp³-hybridized carbons (Fsp3) is 0.115. The zero-order valence-electron chi connectivity index (χ0n) is 17.6. The van der Waals surface area contributed by atoms with Crippen LogP contribution in [0.4, 0.5) is 0 Å². The highest BCUT2D eigenvalue weighted by Crippen LogP contribution is 2.28. The van der Waals surface area contributed by atoms with Crippen LogP contribution in [0.15, 0.2) is 87.5 Å². The molecule has 5 nitrogen and oxygen atoms in total. The molecule has 0 aliphatic heterocycles. The van der Waals surface area contributed by atoms with Gasteiger partial charge in [-0.1, -0.05) is 84.8 Å². The minimum absolute atomic E-state index is 0.479. The van der Waals surface area contributed by atoms with E-state index in [4.69, 9.17) is 8.83 Å². The number of nitrogens with zero attached hydrogens (tertiary/aromatic N) is 3. The second-order valence-electron chi connectivity index (χ2n) is 6.68. The van der Waals surface area contributed by atoms with Gasteiger partial charge in [0.25, 0.3) is 5.22 Å². The molecular weight excluding hydrogens is 418 g/mol. The van der Waals surface area contributed by atoms with Crippen LogP contribution >= 0.6 is 11.8 Å². The maximum Gasteiger partial charge on any atom is 0.277 e. The molecule has 0 radical (unpaired) electrons. The summed E-state index contributed by atoms with van der Waals surface area (Å²) in [4.78, 5) is 4.31. The highest BCUT2D eigenvalue weighted by molar-refractivity contribution is 7.99.